The van der Waals surface area contributed by atoms with Crippen molar-refractivity contribution < 1.29 is 34.4 Å². The lowest BCUT2D eigenvalue weighted by Crippen LogP contribution is -2.43. The average Bonchev–Trinajstić information content (AvgIpc) is 2.73. The average molecular weight is 304 g/mol. The summed E-state index contributed by atoms with van der Waals surface area (Å²) in [6, 6.07) is 0. The third kappa shape index (κ3) is 5.26. The van der Waals surface area contributed by atoms with E-state index in [1.165, 1.54) is 6.42 Å². The van der Waals surface area contributed by atoms with Crippen molar-refractivity contribution in [1.82, 2.24) is 0 Å². The standard InChI is InChI=1S/C14H24O7/c1-2-3-4-5-6-7-8-20-13(18)11(17)12-9(15)10(16)14(19)21-12/h9-12,15-17H,2-8H2,1H3/t9-,10+,11-,12+/m1/s1. The van der Waals surface area contributed by atoms with Gasteiger partial charge in [0.2, 0.25) is 0 Å². The Balaban J connectivity index is 2.21. The Morgan fingerprint density at radius 3 is 2.43 bits per heavy atom. The maximum Gasteiger partial charge on any atom is 0.339 e. The van der Waals surface area contributed by atoms with Crippen molar-refractivity contribution in [2.45, 2.75) is 69.9 Å². The van der Waals surface area contributed by atoms with Crippen molar-refractivity contribution in [2.24, 2.45) is 0 Å². The molecule has 4 atom stereocenters. The molecule has 1 heterocycles. The molecule has 0 amide bonds. The third-order valence-corrected chi connectivity index (χ3v) is 3.45. The predicted octanol–water partition coefficient (Wildman–Crippen LogP) is -0.102. The third-order valence-electron chi connectivity index (χ3n) is 3.45. The van der Waals surface area contributed by atoms with E-state index in [0.717, 1.165) is 25.7 Å². The molecule has 0 aromatic rings. The first-order valence-corrected chi connectivity index (χ1v) is 7.40. The Morgan fingerprint density at radius 2 is 1.86 bits per heavy atom. The molecule has 0 aromatic carbocycles. The number of aliphatic hydroxyl groups is 3. The van der Waals surface area contributed by atoms with Crippen LogP contribution in [0.4, 0.5) is 0 Å². The molecule has 1 aliphatic rings. The van der Waals surface area contributed by atoms with E-state index < -0.39 is 36.4 Å². The van der Waals surface area contributed by atoms with E-state index in [1.807, 2.05) is 0 Å². The first kappa shape index (κ1) is 17.9. The Bertz CT molecular complexity index is 344. The molecule has 1 aliphatic heterocycles. The Kier molecular flexibility index (Phi) is 7.63. The number of esters is 2. The van der Waals surface area contributed by atoms with Crippen molar-refractivity contribution in [3.63, 3.8) is 0 Å². The zero-order valence-corrected chi connectivity index (χ0v) is 12.2. The van der Waals surface area contributed by atoms with Crippen LogP contribution >= 0.6 is 0 Å². The van der Waals surface area contributed by atoms with Gasteiger partial charge in [-0.25, -0.2) is 9.59 Å². The summed E-state index contributed by atoms with van der Waals surface area (Å²) in [5.41, 5.74) is 0. The predicted molar refractivity (Wildman–Crippen MR) is 72.2 cm³/mol. The normalized spacial score (nSPS) is 26.5. The second kappa shape index (κ2) is 8.96. The number of carbonyl (C=O) groups is 2. The topological polar surface area (TPSA) is 113 Å². The second-order valence-corrected chi connectivity index (χ2v) is 5.22. The molecule has 7 heteroatoms. The van der Waals surface area contributed by atoms with E-state index in [1.54, 1.807) is 0 Å². The van der Waals surface area contributed by atoms with Gasteiger partial charge in [-0.3, -0.25) is 0 Å². The van der Waals surface area contributed by atoms with Crippen LogP contribution in [0.1, 0.15) is 45.4 Å². The molecule has 1 saturated heterocycles. The number of carbonyl (C=O) groups excluding carboxylic acids is 2. The van der Waals surface area contributed by atoms with Gasteiger partial charge in [-0.2, -0.15) is 0 Å². The fourth-order valence-electron chi connectivity index (χ4n) is 2.12. The molecule has 0 radical (unpaired) electrons. The van der Waals surface area contributed by atoms with Crippen molar-refractivity contribution in [1.29, 1.82) is 0 Å². The molecule has 0 saturated carbocycles. The highest BCUT2D eigenvalue weighted by Crippen LogP contribution is 2.19. The maximum atomic E-state index is 11.6. The van der Waals surface area contributed by atoms with Crippen LogP contribution in [0.3, 0.4) is 0 Å². The molecule has 0 aromatic heterocycles. The van der Waals surface area contributed by atoms with E-state index in [-0.39, 0.29) is 6.61 Å². The van der Waals surface area contributed by atoms with Gasteiger partial charge in [0.1, 0.15) is 6.10 Å². The summed E-state index contributed by atoms with van der Waals surface area (Å²) in [6.07, 6.45) is -0.452. The Hall–Kier alpha value is -1.18. The number of rotatable bonds is 9. The van der Waals surface area contributed by atoms with E-state index in [9.17, 15) is 24.9 Å². The molecule has 3 N–H and O–H groups in total. The molecule has 0 aliphatic carbocycles. The smallest absolute Gasteiger partial charge is 0.339 e. The van der Waals surface area contributed by atoms with Crippen molar-refractivity contribution in [3.8, 4) is 0 Å². The summed E-state index contributed by atoms with van der Waals surface area (Å²) in [5.74, 6) is -2.02. The number of hydrogen-bond donors (Lipinski definition) is 3. The molecule has 21 heavy (non-hydrogen) atoms. The van der Waals surface area contributed by atoms with Crippen LogP contribution in [0.15, 0.2) is 0 Å². The fraction of sp³-hybridized carbons (Fsp3) is 0.857. The van der Waals surface area contributed by atoms with Gasteiger partial charge in [0, 0.05) is 0 Å². The monoisotopic (exact) mass is 304 g/mol. The quantitative estimate of drug-likeness (QED) is 0.402. The number of hydrogen-bond acceptors (Lipinski definition) is 7. The summed E-state index contributed by atoms with van der Waals surface area (Å²) in [4.78, 5) is 22.6. The molecule has 122 valence electrons. The lowest BCUT2D eigenvalue weighted by molar-refractivity contribution is -0.167. The highest BCUT2D eigenvalue weighted by Gasteiger charge is 2.48. The molecule has 7 nitrogen and oxygen atoms in total. The zero-order valence-electron chi connectivity index (χ0n) is 12.2. The Morgan fingerprint density at radius 1 is 1.24 bits per heavy atom. The highest BCUT2D eigenvalue weighted by atomic mass is 16.6. The largest absolute Gasteiger partial charge is 0.464 e. The first-order valence-electron chi connectivity index (χ1n) is 7.40. The minimum atomic E-state index is -1.79. The molecule has 0 unspecified atom stereocenters. The zero-order chi connectivity index (χ0) is 15.8. The van der Waals surface area contributed by atoms with Crippen LogP contribution < -0.4 is 0 Å². The number of cyclic esters (lactones) is 1. The first-order chi connectivity index (χ1) is 9.99. The number of unbranched alkanes of at least 4 members (excludes halogenated alkanes) is 5. The molecule has 1 fully saturated rings. The minimum absolute atomic E-state index is 0.168. The van der Waals surface area contributed by atoms with E-state index >= 15 is 0 Å². The lowest BCUT2D eigenvalue weighted by atomic mass is 10.1. The summed E-state index contributed by atoms with van der Waals surface area (Å²) in [6.45, 7) is 2.30. The summed E-state index contributed by atoms with van der Waals surface area (Å²) in [5, 5.41) is 28.3. The van der Waals surface area contributed by atoms with Crippen molar-refractivity contribution >= 4 is 11.9 Å². The maximum absolute atomic E-state index is 11.6. The number of ether oxygens (including phenoxy) is 2. The lowest BCUT2D eigenvalue weighted by Gasteiger charge is -2.18. The highest BCUT2D eigenvalue weighted by molar-refractivity contribution is 5.81. The van der Waals surface area contributed by atoms with Crippen molar-refractivity contribution in [3.05, 3.63) is 0 Å². The van der Waals surface area contributed by atoms with Gasteiger partial charge < -0.3 is 24.8 Å². The van der Waals surface area contributed by atoms with Gasteiger partial charge in [0.05, 0.1) is 6.61 Å². The second-order valence-electron chi connectivity index (χ2n) is 5.22. The van der Waals surface area contributed by atoms with Crippen LogP contribution in [0.5, 0.6) is 0 Å². The molecule has 0 bridgehead atoms. The summed E-state index contributed by atoms with van der Waals surface area (Å²) >= 11 is 0. The van der Waals surface area contributed by atoms with E-state index in [2.05, 4.69) is 11.7 Å². The van der Waals surface area contributed by atoms with Crippen LogP contribution in [0.2, 0.25) is 0 Å². The van der Waals surface area contributed by atoms with E-state index in [4.69, 9.17) is 4.74 Å². The van der Waals surface area contributed by atoms with Crippen molar-refractivity contribution in [2.75, 3.05) is 6.61 Å². The summed E-state index contributed by atoms with van der Waals surface area (Å²) in [7, 11) is 0. The van der Waals surface area contributed by atoms with Gasteiger partial charge in [-0.05, 0) is 6.42 Å². The van der Waals surface area contributed by atoms with Crippen LogP contribution in [0, 0.1) is 0 Å². The summed E-state index contributed by atoms with van der Waals surface area (Å²) < 4.78 is 9.42. The van der Waals surface area contributed by atoms with Gasteiger partial charge in [-0.1, -0.05) is 39.0 Å². The Labute approximate surface area is 123 Å². The van der Waals surface area contributed by atoms with Gasteiger partial charge in [0.15, 0.2) is 18.3 Å². The van der Waals surface area contributed by atoms with Gasteiger partial charge in [0.25, 0.3) is 0 Å². The van der Waals surface area contributed by atoms with E-state index in [0.29, 0.717) is 6.42 Å². The molecule has 0 spiro atoms. The number of aliphatic hydroxyl groups excluding tert-OH is 3. The SMILES string of the molecule is CCCCCCCCOC(=O)[C@H](O)[C@H]1OC(=O)[C@@H](O)[C@H]1O. The van der Waals surface area contributed by atoms with Crippen LogP contribution in [0.25, 0.3) is 0 Å². The van der Waals surface area contributed by atoms with Crippen LogP contribution in [-0.2, 0) is 19.1 Å². The van der Waals surface area contributed by atoms with Gasteiger partial charge in [-0.15, -0.1) is 0 Å². The molecular weight excluding hydrogens is 280 g/mol. The van der Waals surface area contributed by atoms with Gasteiger partial charge >= 0.3 is 11.9 Å². The molecular formula is C14H24O7. The van der Waals surface area contributed by atoms with Crippen LogP contribution in [-0.4, -0.2) is 58.3 Å². The fourth-order valence-corrected chi connectivity index (χ4v) is 2.12. The minimum Gasteiger partial charge on any atom is -0.464 e. The molecule has 1 rings (SSSR count).